The first kappa shape index (κ1) is 97.7. The topological polar surface area (TPSA) is 149 Å². The molecule has 8 aromatic heterocycles. The van der Waals surface area contributed by atoms with E-state index >= 15 is 0 Å². The summed E-state index contributed by atoms with van der Waals surface area (Å²) in [5.41, 5.74) is 23.6. The van der Waals surface area contributed by atoms with E-state index in [4.69, 9.17) is 4.74 Å². The molecule has 9 heterocycles. The molecule has 0 spiro atoms. The number of hydrogen-bond donors (Lipinski definition) is 0. The number of rotatable bonds is 21. The minimum Gasteiger partial charge on any atom is -0.496 e. The number of pyridine rings is 4. The number of nitrogens with zero attached hydrogens (tertiary/aromatic N) is 12. The van der Waals surface area contributed by atoms with Crippen molar-refractivity contribution >= 4 is 28.1 Å². The predicted octanol–water partition coefficient (Wildman–Crippen LogP) is 26.5. The van der Waals surface area contributed by atoms with Crippen LogP contribution in [0.3, 0.4) is 0 Å². The molecule has 1 aliphatic heterocycles. The molecule has 0 radical (unpaired) electrons. The molecule has 1 saturated heterocycles. The summed E-state index contributed by atoms with van der Waals surface area (Å²) >= 11 is 1.72. The molecule has 0 saturated carbocycles. The van der Waals surface area contributed by atoms with E-state index in [1.807, 2.05) is 103 Å². The number of ether oxygens (including phenoxy) is 1. The van der Waals surface area contributed by atoms with Crippen LogP contribution in [0.4, 0.5) is 5.82 Å². The Kier molecular flexibility index (Phi) is 38.4. The lowest BCUT2D eigenvalue weighted by molar-refractivity contribution is 0.407. The van der Waals surface area contributed by atoms with Crippen LogP contribution in [0.1, 0.15) is 266 Å². The SMILES string of the molecule is CC(C)c1ccc(Cn2ccccc2=O)cc1.CC(C)c1ccc(Cn2cccn2)cc1.CC(C)c1ccc(N2CCCC2)nc1.CC(C)c1csc(-c2ccccc2)n1.COc1cc(C(C)C)ccc1Cn1ccccc1=O.Cc1cc(C)n(Cc2ccc(C(C)C)cc2)n1.Cc1ccc2cc(C(C)C)ccc2n1.Cc1cnn(Cc2ccc(C(C)C)cc2)c1. The highest BCUT2D eigenvalue weighted by atomic mass is 32.1. The number of methoxy groups -OCH3 is 1. The molecule has 15 aromatic rings. The van der Waals surface area contributed by atoms with Gasteiger partial charge in [0.2, 0.25) is 0 Å². The van der Waals surface area contributed by atoms with Gasteiger partial charge in [0, 0.05) is 95.7 Å². The summed E-state index contributed by atoms with van der Waals surface area (Å²) in [5.74, 6) is 6.46. The van der Waals surface area contributed by atoms with Crippen LogP contribution in [0.2, 0.25) is 0 Å². The smallest absolute Gasteiger partial charge is 0.250 e. The molecule has 1 fully saturated rings. The molecule has 126 heavy (non-hydrogen) atoms. The number of hydrogen-bond acceptors (Lipinski definition) is 11. The van der Waals surface area contributed by atoms with Gasteiger partial charge in [0.15, 0.2) is 0 Å². The third-order valence-corrected chi connectivity index (χ3v) is 22.9. The minimum absolute atomic E-state index is 0.00232. The van der Waals surface area contributed by atoms with Gasteiger partial charge in [-0.05, 0) is 209 Å². The summed E-state index contributed by atoms with van der Waals surface area (Å²) in [4.78, 5) is 39.2. The van der Waals surface area contributed by atoms with Crippen molar-refractivity contribution in [2.75, 3.05) is 25.1 Å². The van der Waals surface area contributed by atoms with E-state index in [0.29, 0.717) is 60.4 Å². The average Bonchev–Trinajstić information content (AvgIpc) is 1.34. The highest BCUT2D eigenvalue weighted by Gasteiger charge is 2.15. The van der Waals surface area contributed by atoms with Crippen molar-refractivity contribution in [1.29, 1.82) is 0 Å². The maximum absolute atomic E-state index is 11.7. The fourth-order valence-electron chi connectivity index (χ4n) is 13.9. The summed E-state index contributed by atoms with van der Waals surface area (Å²) in [6, 6.07) is 80.8. The number of thiazole rings is 1. The lowest BCUT2D eigenvalue weighted by Crippen LogP contribution is -2.18. The van der Waals surface area contributed by atoms with Gasteiger partial charge >= 0.3 is 0 Å². The van der Waals surface area contributed by atoms with Gasteiger partial charge in [0.05, 0.1) is 62.9 Å². The standard InChI is InChI=1S/C16H19NO2.C15H20N2.C15H17NO.C14H18N2.C13H16N2.C13H15N.C12H18N2.C12H13NS/c1-12(2)13-7-8-14(15(10-13)19-3)11-17-9-5-4-6-16(17)18;1-11(2)15-7-5-14(6-8-15)10-17-13(4)9-12(3)16-17;1-12(2)14-8-6-13(7-9-14)11-16-10-4-3-5-15(16)17;1-11(2)14-6-4-13(5-7-14)10-16-9-12(3)8-15-16;1-11(2)13-6-4-12(5-7-13)10-15-9-3-8-14-15;1-9(2)11-6-7-13-12(8-11)5-4-10(3)14-13;1-10(2)11-5-6-12(13-9-11)14-7-3-4-8-14;1-9(2)11-8-14-12(13-11)10-6-4-3-5-7-10/h4-10,12H,11H2,1-3H3;5-9,11H,10H2,1-4H3;3-10,12H,11H2,1-2H3;4-9,11H,10H2,1-3H3;3-9,11H,10H2,1-2H3;4-9H,1-3H3;5-6,9-10H,3-4,7-8H2,1-2H3;3-9H,1-2H3. The van der Waals surface area contributed by atoms with E-state index in [1.165, 1.54) is 109 Å². The maximum atomic E-state index is 11.7. The number of benzene rings is 7. The zero-order valence-electron chi connectivity index (χ0n) is 78.6. The fourth-order valence-corrected chi connectivity index (χ4v) is 14.9. The zero-order valence-corrected chi connectivity index (χ0v) is 79.4. The lowest BCUT2D eigenvalue weighted by atomic mass is 10.0. The second-order valence-corrected chi connectivity index (χ2v) is 36.0. The highest BCUT2D eigenvalue weighted by molar-refractivity contribution is 7.13. The number of anilines is 1. The molecule has 7 aromatic carbocycles. The van der Waals surface area contributed by atoms with Gasteiger partial charge < -0.3 is 18.8 Å². The van der Waals surface area contributed by atoms with E-state index < -0.39 is 0 Å². The van der Waals surface area contributed by atoms with Crippen molar-refractivity contribution < 1.29 is 4.74 Å². The first-order chi connectivity index (χ1) is 60.4. The Labute approximate surface area is 755 Å². The molecule has 660 valence electrons. The van der Waals surface area contributed by atoms with E-state index in [2.05, 4.69) is 340 Å². The van der Waals surface area contributed by atoms with Crippen molar-refractivity contribution in [3.8, 4) is 16.3 Å². The van der Waals surface area contributed by atoms with E-state index in [9.17, 15) is 9.59 Å². The molecule has 1 aliphatic rings. The molecule has 15 nitrogen and oxygen atoms in total. The second kappa shape index (κ2) is 49.5. The Balaban J connectivity index is 0.000000163. The van der Waals surface area contributed by atoms with Gasteiger partial charge in [-0.3, -0.25) is 28.6 Å². The van der Waals surface area contributed by atoms with E-state index in [1.54, 1.807) is 58.0 Å². The summed E-state index contributed by atoms with van der Waals surface area (Å²) < 4.78 is 14.8. The second-order valence-electron chi connectivity index (χ2n) is 35.1. The molecule has 0 N–H and O–H groups in total. The maximum Gasteiger partial charge on any atom is 0.250 e. The van der Waals surface area contributed by atoms with Crippen LogP contribution in [0, 0.1) is 27.7 Å². The van der Waals surface area contributed by atoms with E-state index in [-0.39, 0.29) is 11.1 Å². The van der Waals surface area contributed by atoms with Crippen LogP contribution in [-0.2, 0) is 32.7 Å². The number of aryl methyl sites for hydroxylation is 4. The number of aromatic nitrogens is 11. The average molecular weight is 1710 g/mol. The van der Waals surface area contributed by atoms with Crippen molar-refractivity contribution in [2.24, 2.45) is 0 Å². The molecule has 16 rings (SSSR count). The largest absolute Gasteiger partial charge is 0.496 e. The zero-order chi connectivity index (χ0) is 90.8. The van der Waals surface area contributed by atoms with Crippen LogP contribution in [0.5, 0.6) is 5.75 Å². The summed E-state index contributed by atoms with van der Waals surface area (Å²) in [7, 11) is 1.66. The van der Waals surface area contributed by atoms with Crippen molar-refractivity contribution in [2.45, 2.75) is 231 Å². The van der Waals surface area contributed by atoms with Gasteiger partial charge in [0.1, 0.15) is 16.6 Å². The van der Waals surface area contributed by atoms with Crippen LogP contribution in [0.15, 0.2) is 295 Å². The molecular weight excluding hydrogens is 1570 g/mol. The molecule has 16 heteroatoms. The van der Waals surface area contributed by atoms with E-state index in [0.717, 1.165) is 64.2 Å². The summed E-state index contributed by atoms with van der Waals surface area (Å²) in [5, 5.41) is 17.5. The predicted molar refractivity (Wildman–Crippen MR) is 529 cm³/mol. The van der Waals surface area contributed by atoms with Gasteiger partial charge in [-0.25, -0.2) is 9.97 Å². The first-order valence-electron chi connectivity index (χ1n) is 44.9. The summed E-state index contributed by atoms with van der Waals surface area (Å²) in [6.45, 7) is 49.4. The summed E-state index contributed by atoms with van der Waals surface area (Å²) in [6.07, 6.45) is 16.0. The van der Waals surface area contributed by atoms with Gasteiger partial charge in [-0.1, -0.05) is 281 Å². The van der Waals surface area contributed by atoms with Crippen molar-refractivity contribution in [1.82, 2.24) is 53.4 Å². The minimum atomic E-state index is -0.00232. The van der Waals surface area contributed by atoms with Gasteiger partial charge in [-0.2, -0.15) is 15.3 Å². The molecule has 0 atom stereocenters. The normalized spacial score (nSPS) is 11.5. The third kappa shape index (κ3) is 31.5. The van der Waals surface area contributed by atoms with Crippen LogP contribution < -0.4 is 20.8 Å². The third-order valence-electron chi connectivity index (χ3n) is 22.0. The molecule has 0 aliphatic carbocycles. The fraction of sp³-hybridized carbons (Fsp3) is 0.345. The van der Waals surface area contributed by atoms with Crippen molar-refractivity contribution in [3.05, 3.63) is 401 Å². The number of fused-ring (bicyclic) bond motifs is 1. The Morgan fingerprint density at radius 3 is 1.34 bits per heavy atom. The molecule has 0 bridgehead atoms. The first-order valence-corrected chi connectivity index (χ1v) is 45.7. The molecular formula is C110H136N12O3S. The van der Waals surface area contributed by atoms with Gasteiger partial charge in [0.25, 0.3) is 11.1 Å². The van der Waals surface area contributed by atoms with Crippen LogP contribution in [-0.4, -0.2) is 73.6 Å². The Hall–Kier alpha value is -12.1. The Bertz CT molecular complexity index is 5790. The quantitative estimate of drug-likeness (QED) is 0.0680. The molecule has 0 unspecified atom stereocenters. The van der Waals surface area contributed by atoms with Gasteiger partial charge in [-0.15, -0.1) is 11.3 Å². The molecule has 0 amide bonds. The Morgan fingerprint density at radius 1 is 0.405 bits per heavy atom. The Morgan fingerprint density at radius 2 is 0.889 bits per heavy atom. The van der Waals surface area contributed by atoms with Crippen LogP contribution >= 0.6 is 11.3 Å². The highest BCUT2D eigenvalue weighted by Crippen LogP contribution is 2.29. The monoisotopic (exact) mass is 1710 g/mol. The lowest BCUT2D eigenvalue weighted by Gasteiger charge is -2.16. The van der Waals surface area contributed by atoms with Crippen LogP contribution in [0.25, 0.3) is 21.5 Å². The van der Waals surface area contributed by atoms with Crippen molar-refractivity contribution in [3.63, 3.8) is 0 Å².